The van der Waals surface area contributed by atoms with Crippen LogP contribution >= 0.6 is 0 Å². The molecule has 0 atom stereocenters. The van der Waals surface area contributed by atoms with Crippen LogP contribution in [0.2, 0.25) is 0 Å². The predicted octanol–water partition coefficient (Wildman–Crippen LogP) is 2.42. The third-order valence-corrected chi connectivity index (χ3v) is 6.42. The summed E-state index contributed by atoms with van der Waals surface area (Å²) in [7, 11) is -1.93. The molecule has 1 aliphatic heterocycles. The first kappa shape index (κ1) is 17.5. The second kappa shape index (κ2) is 6.18. The number of benzene rings is 1. The summed E-state index contributed by atoms with van der Waals surface area (Å²) in [5.41, 5.74) is 3.87. The molecule has 2 heterocycles. The van der Waals surface area contributed by atoms with Crippen molar-refractivity contribution in [3.05, 3.63) is 29.0 Å². The molecule has 1 aromatic heterocycles. The molecule has 134 valence electrons. The SMILES string of the molecule is CCn1ncc(-c2cc(C)c3c(c2C)/C(=N/OC)CCS3(=O)=O)c1O. The van der Waals surface area contributed by atoms with Crippen LogP contribution < -0.4 is 0 Å². The highest BCUT2D eigenvalue weighted by atomic mass is 32.2. The molecule has 0 fully saturated rings. The van der Waals surface area contributed by atoms with Crippen molar-refractivity contribution in [2.75, 3.05) is 12.9 Å². The molecule has 25 heavy (non-hydrogen) atoms. The molecule has 1 aromatic carbocycles. The summed E-state index contributed by atoms with van der Waals surface area (Å²) in [5.74, 6) is 0.0785. The Morgan fingerprint density at radius 3 is 2.68 bits per heavy atom. The van der Waals surface area contributed by atoms with Crippen molar-refractivity contribution in [2.45, 2.75) is 38.6 Å². The van der Waals surface area contributed by atoms with E-state index < -0.39 is 9.84 Å². The van der Waals surface area contributed by atoms with E-state index in [-0.39, 0.29) is 11.6 Å². The zero-order chi connectivity index (χ0) is 18.4. The van der Waals surface area contributed by atoms with Gasteiger partial charge >= 0.3 is 0 Å². The summed E-state index contributed by atoms with van der Waals surface area (Å²) in [4.78, 5) is 5.22. The van der Waals surface area contributed by atoms with E-state index in [2.05, 4.69) is 10.3 Å². The zero-order valence-corrected chi connectivity index (χ0v) is 15.5. The van der Waals surface area contributed by atoms with Gasteiger partial charge in [0, 0.05) is 18.5 Å². The zero-order valence-electron chi connectivity index (χ0n) is 14.7. The Morgan fingerprint density at radius 2 is 2.08 bits per heavy atom. The van der Waals surface area contributed by atoms with E-state index in [1.807, 2.05) is 13.8 Å². The average molecular weight is 363 g/mol. The molecule has 0 unspecified atom stereocenters. The van der Waals surface area contributed by atoms with E-state index in [9.17, 15) is 13.5 Å². The standard InChI is InChI=1S/C17H21N3O4S/c1-5-20-17(21)13(9-18-20)12-8-10(2)16-15(11(12)3)14(19-24-4)6-7-25(16,22)23/h8-9,21H,5-7H2,1-4H3/b19-14+. The van der Waals surface area contributed by atoms with Crippen LogP contribution in [-0.2, 0) is 21.2 Å². The normalized spacial score (nSPS) is 17.5. The minimum absolute atomic E-state index is 0.0147. The van der Waals surface area contributed by atoms with Crippen LogP contribution in [0.5, 0.6) is 5.88 Å². The highest BCUT2D eigenvalue weighted by molar-refractivity contribution is 7.91. The number of nitrogens with zero attached hydrogens (tertiary/aromatic N) is 3. The fraction of sp³-hybridized carbons (Fsp3) is 0.412. The van der Waals surface area contributed by atoms with Crippen LogP contribution in [0.3, 0.4) is 0 Å². The van der Waals surface area contributed by atoms with Gasteiger partial charge in [-0.1, -0.05) is 5.16 Å². The lowest BCUT2D eigenvalue weighted by Gasteiger charge is -2.23. The van der Waals surface area contributed by atoms with Crippen molar-refractivity contribution in [2.24, 2.45) is 5.16 Å². The van der Waals surface area contributed by atoms with Gasteiger partial charge in [-0.25, -0.2) is 13.1 Å². The molecule has 0 aliphatic carbocycles. The number of sulfone groups is 1. The number of hydrogen-bond donors (Lipinski definition) is 1. The van der Waals surface area contributed by atoms with Crippen LogP contribution in [0.1, 0.15) is 30.0 Å². The Hall–Kier alpha value is -2.35. The quantitative estimate of drug-likeness (QED) is 0.845. The summed E-state index contributed by atoms with van der Waals surface area (Å²) in [5, 5.41) is 18.6. The highest BCUT2D eigenvalue weighted by Gasteiger charge is 2.33. The molecule has 1 aliphatic rings. The topological polar surface area (TPSA) is 93.8 Å². The van der Waals surface area contributed by atoms with Crippen LogP contribution in [0.15, 0.2) is 22.3 Å². The minimum atomic E-state index is -3.37. The molecule has 1 N–H and O–H groups in total. The van der Waals surface area contributed by atoms with Crippen LogP contribution in [0.4, 0.5) is 0 Å². The van der Waals surface area contributed by atoms with Gasteiger partial charge < -0.3 is 9.94 Å². The number of rotatable bonds is 3. The van der Waals surface area contributed by atoms with E-state index in [0.29, 0.717) is 40.3 Å². The van der Waals surface area contributed by atoms with Gasteiger partial charge in [0.05, 0.1) is 28.1 Å². The maximum absolute atomic E-state index is 12.6. The molecular weight excluding hydrogens is 342 g/mol. The number of fused-ring (bicyclic) bond motifs is 1. The molecule has 3 rings (SSSR count). The fourth-order valence-electron chi connectivity index (χ4n) is 3.38. The Labute approximate surface area is 146 Å². The van der Waals surface area contributed by atoms with Gasteiger partial charge in [0.15, 0.2) is 9.84 Å². The van der Waals surface area contributed by atoms with Crippen LogP contribution in [-0.4, -0.2) is 41.9 Å². The third kappa shape index (κ3) is 2.70. The van der Waals surface area contributed by atoms with Gasteiger partial charge in [-0.2, -0.15) is 5.10 Å². The Balaban J connectivity index is 2.36. The van der Waals surface area contributed by atoms with E-state index in [4.69, 9.17) is 4.84 Å². The minimum Gasteiger partial charge on any atom is -0.493 e. The molecular formula is C17H21N3O4S. The number of oxime groups is 1. The van der Waals surface area contributed by atoms with Crippen LogP contribution in [0, 0.1) is 13.8 Å². The fourth-order valence-corrected chi connectivity index (χ4v) is 5.18. The average Bonchev–Trinajstić information content (AvgIpc) is 2.93. The molecule has 0 radical (unpaired) electrons. The Kier molecular flexibility index (Phi) is 4.32. The van der Waals surface area contributed by atoms with E-state index in [1.165, 1.54) is 11.8 Å². The van der Waals surface area contributed by atoms with Gasteiger partial charge in [0.2, 0.25) is 5.88 Å². The first-order valence-corrected chi connectivity index (χ1v) is 9.69. The first-order chi connectivity index (χ1) is 11.8. The van der Waals surface area contributed by atoms with Gasteiger partial charge in [0.1, 0.15) is 7.11 Å². The Bertz CT molecular complexity index is 974. The summed E-state index contributed by atoms with van der Waals surface area (Å²) >= 11 is 0. The molecule has 8 heteroatoms. The number of aryl methyl sites for hydroxylation is 2. The summed E-state index contributed by atoms with van der Waals surface area (Å²) < 4.78 is 26.7. The molecule has 0 saturated heterocycles. The molecule has 0 saturated carbocycles. The lowest BCUT2D eigenvalue weighted by Crippen LogP contribution is -2.24. The maximum atomic E-state index is 12.6. The molecule has 0 amide bonds. The van der Waals surface area contributed by atoms with Crippen LogP contribution in [0.25, 0.3) is 11.1 Å². The number of aromatic nitrogens is 2. The lowest BCUT2D eigenvalue weighted by atomic mass is 9.92. The van der Waals surface area contributed by atoms with E-state index in [0.717, 1.165) is 11.1 Å². The Morgan fingerprint density at radius 1 is 1.36 bits per heavy atom. The highest BCUT2D eigenvalue weighted by Crippen LogP contribution is 2.39. The molecule has 0 bridgehead atoms. The van der Waals surface area contributed by atoms with E-state index >= 15 is 0 Å². The summed E-state index contributed by atoms with van der Waals surface area (Å²) in [6, 6.07) is 1.79. The summed E-state index contributed by atoms with van der Waals surface area (Å²) in [6.07, 6.45) is 1.89. The second-order valence-corrected chi connectivity index (χ2v) is 8.10. The molecule has 0 spiro atoms. The van der Waals surface area contributed by atoms with Gasteiger partial charge in [0.25, 0.3) is 0 Å². The third-order valence-electron chi connectivity index (χ3n) is 4.54. The van der Waals surface area contributed by atoms with Crippen molar-refractivity contribution in [1.29, 1.82) is 0 Å². The van der Waals surface area contributed by atoms with Gasteiger partial charge in [-0.15, -0.1) is 0 Å². The lowest BCUT2D eigenvalue weighted by molar-refractivity contribution is 0.213. The van der Waals surface area contributed by atoms with Gasteiger partial charge in [-0.3, -0.25) is 0 Å². The first-order valence-electron chi connectivity index (χ1n) is 8.04. The molecule has 2 aromatic rings. The maximum Gasteiger partial charge on any atom is 0.217 e. The van der Waals surface area contributed by atoms with E-state index in [1.54, 1.807) is 19.2 Å². The van der Waals surface area contributed by atoms with Crippen molar-refractivity contribution < 1.29 is 18.4 Å². The number of hydrogen-bond acceptors (Lipinski definition) is 6. The summed E-state index contributed by atoms with van der Waals surface area (Å²) in [6.45, 7) is 6.02. The van der Waals surface area contributed by atoms with Crippen molar-refractivity contribution in [1.82, 2.24) is 9.78 Å². The van der Waals surface area contributed by atoms with Crippen molar-refractivity contribution >= 4 is 15.5 Å². The second-order valence-electron chi connectivity index (χ2n) is 6.06. The monoisotopic (exact) mass is 363 g/mol. The molecule has 7 nitrogen and oxygen atoms in total. The van der Waals surface area contributed by atoms with Gasteiger partial charge in [-0.05, 0) is 43.5 Å². The largest absolute Gasteiger partial charge is 0.493 e. The predicted molar refractivity (Wildman–Crippen MR) is 94.7 cm³/mol. The smallest absolute Gasteiger partial charge is 0.217 e. The van der Waals surface area contributed by atoms with Crippen molar-refractivity contribution in [3.8, 4) is 17.0 Å². The number of aromatic hydroxyl groups is 1. The van der Waals surface area contributed by atoms with Crippen molar-refractivity contribution in [3.63, 3.8) is 0 Å².